The van der Waals surface area contributed by atoms with Gasteiger partial charge in [0.1, 0.15) is 23.0 Å². The molecule has 0 aliphatic carbocycles. The maximum absolute atomic E-state index is 10.3. The van der Waals surface area contributed by atoms with Crippen LogP contribution < -0.4 is 46.7 Å². The van der Waals surface area contributed by atoms with Crippen molar-refractivity contribution < 1.29 is 74.0 Å². The van der Waals surface area contributed by atoms with Gasteiger partial charge in [-0.1, -0.05) is 12.1 Å². The van der Waals surface area contributed by atoms with Crippen LogP contribution in [0.3, 0.4) is 0 Å². The zero-order chi connectivity index (χ0) is 21.1. The Hall–Kier alpha value is -2.67. The van der Waals surface area contributed by atoms with E-state index in [2.05, 4.69) is 9.97 Å². The molecular formula is C24H20Cl3MnN2O4. The van der Waals surface area contributed by atoms with Crippen molar-refractivity contribution in [2.75, 3.05) is 14.2 Å². The Morgan fingerprint density at radius 2 is 0.912 bits per heavy atom. The van der Waals surface area contributed by atoms with E-state index in [0.717, 1.165) is 0 Å². The number of halogens is 3. The van der Waals surface area contributed by atoms with Gasteiger partial charge in [-0.2, -0.15) is 0 Å². The first kappa shape index (κ1) is 31.3. The van der Waals surface area contributed by atoms with Crippen LogP contribution in [0.1, 0.15) is 0 Å². The van der Waals surface area contributed by atoms with E-state index in [1.165, 1.54) is 0 Å². The van der Waals surface area contributed by atoms with Gasteiger partial charge in [0.2, 0.25) is 0 Å². The molecule has 2 heterocycles. The summed E-state index contributed by atoms with van der Waals surface area (Å²) in [6.07, 6.45) is 0. The van der Waals surface area contributed by atoms with Crippen LogP contribution in [0.5, 0.6) is 23.0 Å². The molecule has 0 spiro atoms. The van der Waals surface area contributed by atoms with Crippen LogP contribution in [-0.2, 0) is 17.1 Å². The largest absolute Gasteiger partial charge is 3.00 e. The summed E-state index contributed by atoms with van der Waals surface area (Å²) in [5.41, 5.74) is 3.61. The van der Waals surface area contributed by atoms with Crippen molar-refractivity contribution >= 4 is 0 Å². The molecule has 0 unspecified atom stereocenters. The molecule has 6 nitrogen and oxygen atoms in total. The third kappa shape index (κ3) is 6.69. The molecule has 2 aromatic carbocycles. The van der Waals surface area contributed by atoms with E-state index in [-0.39, 0.29) is 65.8 Å². The van der Waals surface area contributed by atoms with E-state index in [0.29, 0.717) is 45.4 Å². The Labute approximate surface area is 227 Å². The second kappa shape index (κ2) is 13.9. The molecule has 0 saturated heterocycles. The molecule has 0 saturated carbocycles. The quantitative estimate of drug-likeness (QED) is 0.241. The molecule has 4 aromatic rings. The number of nitrogens with zero attached hydrogens (tertiary/aromatic N) is 2. The minimum Gasteiger partial charge on any atom is -1.00 e. The zero-order valence-corrected chi connectivity index (χ0v) is 21.5. The number of methoxy groups -OCH3 is 2. The van der Waals surface area contributed by atoms with Crippen molar-refractivity contribution in [3.05, 3.63) is 72.8 Å². The summed E-state index contributed by atoms with van der Waals surface area (Å²) in [5, 5.41) is 20.5. The normalized spacial score (nSPS) is 9.35. The first-order chi connectivity index (χ1) is 14.6. The molecular weight excluding hydrogens is 542 g/mol. The van der Waals surface area contributed by atoms with Crippen LogP contribution in [0.2, 0.25) is 0 Å². The van der Waals surface area contributed by atoms with Gasteiger partial charge in [-0.15, -0.1) is 0 Å². The summed E-state index contributed by atoms with van der Waals surface area (Å²) in [6.45, 7) is 0. The van der Waals surface area contributed by atoms with Crippen LogP contribution in [0, 0.1) is 0 Å². The number of benzene rings is 2. The average molecular weight is 562 g/mol. The maximum Gasteiger partial charge on any atom is 3.00 e. The fourth-order valence-electron chi connectivity index (χ4n) is 3.15. The molecule has 0 amide bonds. The van der Waals surface area contributed by atoms with Crippen LogP contribution in [0.4, 0.5) is 0 Å². The van der Waals surface area contributed by atoms with Gasteiger partial charge in [0.25, 0.3) is 0 Å². The maximum atomic E-state index is 10.3. The van der Waals surface area contributed by atoms with Crippen LogP contribution in [-0.4, -0.2) is 34.4 Å². The standard InChI is InChI=1S/C24H20N2O4.3ClH.Mn/c1-29-15-9-11-23(27)17(13-15)19-5-3-7-21(25-19)22-8-4-6-20(26-22)18-14-16(30-2)10-12-24(18)28;;;;/h3-14,27-28H,1-2H3;3*1H;/q;;;;+3/p-3. The fraction of sp³-hybridized carbons (Fsp3) is 0.0833. The van der Waals surface area contributed by atoms with Gasteiger partial charge < -0.3 is 56.9 Å². The first-order valence-electron chi connectivity index (χ1n) is 9.28. The van der Waals surface area contributed by atoms with E-state index in [4.69, 9.17) is 9.47 Å². The van der Waals surface area contributed by atoms with E-state index in [1.54, 1.807) is 50.6 Å². The molecule has 2 N–H and O–H groups in total. The predicted molar refractivity (Wildman–Crippen MR) is 115 cm³/mol. The van der Waals surface area contributed by atoms with E-state index in [9.17, 15) is 10.2 Å². The molecule has 0 atom stereocenters. The minimum atomic E-state index is 0. The molecule has 34 heavy (non-hydrogen) atoms. The SMILES string of the molecule is COc1ccc(O)c(-c2cccc(-c3cccc(-c4cc(OC)ccc4O)n3)n2)c1.[Cl-].[Cl-].[Cl-].[Mn+3]. The Kier molecular flexibility index (Phi) is 12.8. The molecule has 10 heteroatoms. The van der Waals surface area contributed by atoms with E-state index >= 15 is 0 Å². The van der Waals surface area contributed by atoms with Crippen molar-refractivity contribution in [3.8, 4) is 56.9 Å². The number of aromatic hydroxyl groups is 2. The third-order valence-corrected chi connectivity index (χ3v) is 4.72. The topological polar surface area (TPSA) is 84.7 Å². The fourth-order valence-corrected chi connectivity index (χ4v) is 3.15. The summed E-state index contributed by atoms with van der Waals surface area (Å²) in [5.74, 6) is 1.49. The van der Waals surface area contributed by atoms with Crippen molar-refractivity contribution in [2.24, 2.45) is 0 Å². The van der Waals surface area contributed by atoms with Gasteiger partial charge in [0, 0.05) is 11.1 Å². The van der Waals surface area contributed by atoms with Gasteiger partial charge in [-0.05, 0) is 60.7 Å². The summed E-state index contributed by atoms with van der Waals surface area (Å²) in [4.78, 5) is 9.35. The molecule has 0 aliphatic rings. The Morgan fingerprint density at radius 3 is 1.26 bits per heavy atom. The minimum absolute atomic E-state index is 0. The van der Waals surface area contributed by atoms with Gasteiger partial charge in [-0.3, -0.25) is 0 Å². The Morgan fingerprint density at radius 1 is 0.559 bits per heavy atom. The Balaban J connectivity index is 0.00000272. The Bertz CT molecular complexity index is 1130. The summed E-state index contributed by atoms with van der Waals surface area (Å²) in [7, 11) is 3.15. The van der Waals surface area contributed by atoms with E-state index < -0.39 is 0 Å². The second-order valence-electron chi connectivity index (χ2n) is 6.58. The smallest absolute Gasteiger partial charge is 1.00 e. The first-order valence-corrected chi connectivity index (χ1v) is 9.28. The number of rotatable bonds is 5. The van der Waals surface area contributed by atoms with Gasteiger partial charge in [0.05, 0.1) is 37.0 Å². The van der Waals surface area contributed by atoms with Gasteiger partial charge in [-0.25, -0.2) is 9.97 Å². The number of aromatic nitrogens is 2. The van der Waals surface area contributed by atoms with Gasteiger partial charge in [0.15, 0.2) is 0 Å². The number of phenols is 2. The molecule has 0 aliphatic heterocycles. The van der Waals surface area contributed by atoms with Crippen LogP contribution in [0.25, 0.3) is 33.9 Å². The number of ether oxygens (including phenoxy) is 2. The second-order valence-corrected chi connectivity index (χ2v) is 6.58. The van der Waals surface area contributed by atoms with Crippen molar-refractivity contribution in [1.82, 2.24) is 9.97 Å². The number of phenolic OH excluding ortho intramolecular Hbond substituents is 2. The molecule has 4 rings (SSSR count). The summed E-state index contributed by atoms with van der Waals surface area (Å²) >= 11 is 0. The van der Waals surface area contributed by atoms with Crippen LogP contribution in [0.15, 0.2) is 72.8 Å². The predicted octanol–water partition coefficient (Wildman–Crippen LogP) is -4.08. The third-order valence-electron chi connectivity index (χ3n) is 4.72. The molecule has 0 radical (unpaired) electrons. The molecule has 2 aromatic heterocycles. The molecule has 0 bridgehead atoms. The molecule has 178 valence electrons. The van der Waals surface area contributed by atoms with E-state index in [1.807, 2.05) is 36.4 Å². The average Bonchev–Trinajstić information content (AvgIpc) is 2.80. The van der Waals surface area contributed by atoms with Crippen molar-refractivity contribution in [1.29, 1.82) is 0 Å². The summed E-state index contributed by atoms with van der Waals surface area (Å²) in [6, 6.07) is 21.0. The number of hydrogen-bond acceptors (Lipinski definition) is 6. The van der Waals surface area contributed by atoms with Crippen molar-refractivity contribution in [3.63, 3.8) is 0 Å². The number of pyridine rings is 2. The monoisotopic (exact) mass is 560 g/mol. The zero-order valence-electron chi connectivity index (χ0n) is 18.0. The van der Waals surface area contributed by atoms with Crippen LogP contribution >= 0.6 is 0 Å². The summed E-state index contributed by atoms with van der Waals surface area (Å²) < 4.78 is 10.5. The van der Waals surface area contributed by atoms with Gasteiger partial charge >= 0.3 is 17.1 Å². The number of hydrogen-bond donors (Lipinski definition) is 2. The van der Waals surface area contributed by atoms with Crippen molar-refractivity contribution in [2.45, 2.75) is 0 Å². The molecule has 0 fully saturated rings.